The van der Waals surface area contributed by atoms with Gasteiger partial charge >= 0.3 is 0 Å². The summed E-state index contributed by atoms with van der Waals surface area (Å²) in [7, 11) is 0. The lowest BCUT2D eigenvalue weighted by atomic mass is 9.99. The second-order valence-electron chi connectivity index (χ2n) is 11.4. The van der Waals surface area contributed by atoms with E-state index >= 15 is 0 Å². The summed E-state index contributed by atoms with van der Waals surface area (Å²) in [4.78, 5) is 2.38. The van der Waals surface area contributed by atoms with E-state index in [1.54, 1.807) is 0 Å². The quantitative estimate of drug-likeness (QED) is 0.199. The van der Waals surface area contributed by atoms with Crippen molar-refractivity contribution in [3.05, 3.63) is 164 Å². The minimum Gasteiger partial charge on any atom is -0.456 e. The lowest BCUT2D eigenvalue weighted by Gasteiger charge is -2.27. The highest BCUT2D eigenvalue weighted by Crippen LogP contribution is 2.42. The Labute approximate surface area is 255 Å². The molecule has 1 heterocycles. The molecule has 1 aromatic heterocycles. The molecular weight excluding hydrogens is 534 g/mol. The van der Waals surface area contributed by atoms with Gasteiger partial charge in [-0.3, -0.25) is 0 Å². The number of furan rings is 1. The van der Waals surface area contributed by atoms with Crippen molar-refractivity contribution < 1.29 is 4.42 Å². The van der Waals surface area contributed by atoms with Crippen LogP contribution < -0.4 is 4.90 Å². The Morgan fingerprint density at radius 3 is 1.77 bits per heavy atom. The largest absolute Gasteiger partial charge is 0.456 e. The molecule has 9 rings (SSSR count). The van der Waals surface area contributed by atoms with Gasteiger partial charge in [-0.15, -0.1) is 0 Å². The van der Waals surface area contributed by atoms with Gasteiger partial charge < -0.3 is 9.32 Å². The molecule has 2 nitrogen and oxygen atoms in total. The highest BCUT2D eigenvalue weighted by molar-refractivity contribution is 6.19. The molecule has 44 heavy (non-hydrogen) atoms. The minimum atomic E-state index is 0.908. The zero-order valence-corrected chi connectivity index (χ0v) is 23.9. The molecule has 0 amide bonds. The third-order valence-corrected chi connectivity index (χ3v) is 8.80. The Bertz CT molecular complexity index is 2510. The van der Waals surface area contributed by atoms with Crippen molar-refractivity contribution in [2.24, 2.45) is 0 Å². The summed E-state index contributed by atoms with van der Waals surface area (Å²) in [5.41, 5.74) is 7.52. The zero-order valence-electron chi connectivity index (χ0n) is 23.9. The van der Waals surface area contributed by atoms with Crippen LogP contribution in [0.3, 0.4) is 0 Å². The van der Waals surface area contributed by atoms with Crippen molar-refractivity contribution in [1.82, 2.24) is 0 Å². The maximum absolute atomic E-state index is 6.27. The molecule has 0 saturated heterocycles. The van der Waals surface area contributed by atoms with Crippen LogP contribution in [0.4, 0.5) is 17.1 Å². The van der Waals surface area contributed by atoms with Gasteiger partial charge in [0.15, 0.2) is 0 Å². The molecule has 0 bridgehead atoms. The van der Waals surface area contributed by atoms with Gasteiger partial charge in [0.2, 0.25) is 0 Å². The molecule has 0 N–H and O–H groups in total. The molecule has 0 saturated carbocycles. The lowest BCUT2D eigenvalue weighted by Crippen LogP contribution is -2.10. The third-order valence-electron chi connectivity index (χ3n) is 8.80. The fourth-order valence-corrected chi connectivity index (χ4v) is 6.70. The average Bonchev–Trinajstić information content (AvgIpc) is 3.48. The van der Waals surface area contributed by atoms with E-state index in [0.29, 0.717) is 0 Å². The molecule has 0 unspecified atom stereocenters. The van der Waals surface area contributed by atoms with Crippen molar-refractivity contribution >= 4 is 71.3 Å². The van der Waals surface area contributed by atoms with Crippen LogP contribution in [-0.4, -0.2) is 0 Å². The monoisotopic (exact) mass is 561 g/mol. The Morgan fingerprint density at radius 2 is 0.932 bits per heavy atom. The number of nitrogens with zero attached hydrogens (tertiary/aromatic N) is 1. The van der Waals surface area contributed by atoms with Crippen LogP contribution in [0.1, 0.15) is 0 Å². The number of rotatable bonds is 4. The predicted octanol–water partition coefficient (Wildman–Crippen LogP) is 12.2. The number of fused-ring (bicyclic) bond motifs is 8. The van der Waals surface area contributed by atoms with Gasteiger partial charge in [-0.1, -0.05) is 115 Å². The van der Waals surface area contributed by atoms with E-state index in [4.69, 9.17) is 4.42 Å². The lowest BCUT2D eigenvalue weighted by molar-refractivity contribution is 0.669. The van der Waals surface area contributed by atoms with E-state index in [2.05, 4.69) is 157 Å². The van der Waals surface area contributed by atoms with E-state index in [1.165, 1.54) is 43.4 Å². The molecule has 206 valence electrons. The summed E-state index contributed by atoms with van der Waals surface area (Å²) in [6.07, 6.45) is 0. The van der Waals surface area contributed by atoms with E-state index in [-0.39, 0.29) is 0 Å². The van der Waals surface area contributed by atoms with E-state index in [1.807, 2.05) is 12.1 Å². The molecule has 0 fully saturated rings. The molecule has 8 aromatic carbocycles. The van der Waals surface area contributed by atoms with Gasteiger partial charge in [-0.25, -0.2) is 0 Å². The number of hydrogen-bond donors (Lipinski definition) is 0. The minimum absolute atomic E-state index is 0.908. The first kappa shape index (κ1) is 24.7. The van der Waals surface area contributed by atoms with Crippen LogP contribution in [0.25, 0.3) is 65.4 Å². The number of anilines is 3. The molecular formula is C42H27NO. The molecule has 0 radical (unpaired) electrons. The first-order chi connectivity index (χ1) is 21.8. The number of benzene rings is 8. The van der Waals surface area contributed by atoms with Crippen molar-refractivity contribution in [3.8, 4) is 11.1 Å². The second-order valence-corrected chi connectivity index (χ2v) is 11.4. The third kappa shape index (κ3) is 3.96. The fraction of sp³-hybridized carbons (Fsp3) is 0. The molecule has 0 spiro atoms. The standard InChI is InChI=1S/C42H27NO/c1-2-9-28(10-3-1)32-12-8-13-33(25-32)43(34-22-19-30-18-17-29-11-4-5-14-36(29)38(30)26-34)35-23-20-31-21-24-41-42(39(31)27-35)37-15-6-7-16-40(37)44-41/h1-27H. The molecule has 0 atom stereocenters. The van der Waals surface area contributed by atoms with Crippen LogP contribution in [0.2, 0.25) is 0 Å². The van der Waals surface area contributed by atoms with Crippen molar-refractivity contribution in [2.75, 3.05) is 4.90 Å². The Kier molecular flexibility index (Phi) is 5.54. The summed E-state index contributed by atoms with van der Waals surface area (Å²) in [5, 5.41) is 9.65. The highest BCUT2D eigenvalue weighted by Gasteiger charge is 2.17. The molecule has 0 aliphatic carbocycles. The van der Waals surface area contributed by atoms with E-state index in [9.17, 15) is 0 Å². The second kappa shape index (κ2) is 9.86. The predicted molar refractivity (Wildman–Crippen MR) is 186 cm³/mol. The molecule has 9 aromatic rings. The van der Waals surface area contributed by atoms with Gasteiger partial charge in [0, 0.05) is 27.8 Å². The first-order valence-electron chi connectivity index (χ1n) is 15.0. The maximum atomic E-state index is 6.27. The van der Waals surface area contributed by atoms with Crippen LogP contribution in [-0.2, 0) is 0 Å². The molecule has 2 heteroatoms. The summed E-state index contributed by atoms with van der Waals surface area (Å²) >= 11 is 0. The molecule has 0 aliphatic rings. The van der Waals surface area contributed by atoms with Crippen LogP contribution >= 0.6 is 0 Å². The molecule has 0 aliphatic heterocycles. The number of para-hydroxylation sites is 1. The smallest absolute Gasteiger partial charge is 0.136 e. The normalized spacial score (nSPS) is 11.6. The van der Waals surface area contributed by atoms with Gasteiger partial charge in [0.05, 0.1) is 0 Å². The SMILES string of the molecule is c1ccc(-c2cccc(N(c3ccc4ccc5ccccc5c4c3)c3ccc4ccc5oc6ccccc6c5c4c3)c2)cc1. The van der Waals surface area contributed by atoms with Gasteiger partial charge in [-0.2, -0.15) is 0 Å². The number of hydrogen-bond acceptors (Lipinski definition) is 2. The van der Waals surface area contributed by atoms with Crippen molar-refractivity contribution in [3.63, 3.8) is 0 Å². The van der Waals surface area contributed by atoms with Gasteiger partial charge in [0.25, 0.3) is 0 Å². The van der Waals surface area contributed by atoms with Gasteiger partial charge in [-0.05, 0) is 92.0 Å². The van der Waals surface area contributed by atoms with Gasteiger partial charge in [0.1, 0.15) is 11.2 Å². The summed E-state index contributed by atoms with van der Waals surface area (Å²) in [6.45, 7) is 0. The van der Waals surface area contributed by atoms with Crippen molar-refractivity contribution in [2.45, 2.75) is 0 Å². The summed E-state index contributed by atoms with van der Waals surface area (Å²) < 4.78 is 6.27. The first-order valence-corrected chi connectivity index (χ1v) is 15.0. The maximum Gasteiger partial charge on any atom is 0.136 e. The summed E-state index contributed by atoms with van der Waals surface area (Å²) in [6, 6.07) is 58.7. The topological polar surface area (TPSA) is 16.4 Å². The van der Waals surface area contributed by atoms with E-state index in [0.717, 1.165) is 39.0 Å². The van der Waals surface area contributed by atoms with Crippen molar-refractivity contribution in [1.29, 1.82) is 0 Å². The van der Waals surface area contributed by atoms with Crippen LogP contribution in [0.15, 0.2) is 168 Å². The average molecular weight is 562 g/mol. The Balaban J connectivity index is 1.32. The van der Waals surface area contributed by atoms with Crippen LogP contribution in [0, 0.1) is 0 Å². The summed E-state index contributed by atoms with van der Waals surface area (Å²) in [5.74, 6) is 0. The zero-order chi connectivity index (χ0) is 29.0. The Morgan fingerprint density at radius 1 is 0.341 bits per heavy atom. The Hall–Kier alpha value is -5.86. The highest BCUT2D eigenvalue weighted by atomic mass is 16.3. The fourth-order valence-electron chi connectivity index (χ4n) is 6.70. The van der Waals surface area contributed by atoms with E-state index < -0.39 is 0 Å². The van der Waals surface area contributed by atoms with Crippen LogP contribution in [0.5, 0.6) is 0 Å².